The van der Waals surface area contributed by atoms with Crippen LogP contribution in [0.2, 0.25) is 5.02 Å². The number of thiophene rings is 1. The standard InChI is InChI=1S/C18H16ClN5OS/c1-24-8-12(7-22-24)15(9-25)23-18-17-14(20-10-21-18)6-16(26-17)11-2-4-13(19)5-3-11/h2-8,10,15,25H,9H2,1H3,(H,20,21,23)/t15-/m0/s1. The number of aliphatic hydroxyl groups is 1. The number of anilines is 1. The number of nitrogens with one attached hydrogen (secondary N) is 1. The van der Waals surface area contributed by atoms with Crippen molar-refractivity contribution in [2.24, 2.45) is 7.05 Å². The second-order valence-electron chi connectivity index (χ2n) is 5.88. The summed E-state index contributed by atoms with van der Waals surface area (Å²) < 4.78 is 2.65. The van der Waals surface area contributed by atoms with Crippen molar-refractivity contribution < 1.29 is 5.11 Å². The molecular formula is C18H16ClN5OS. The fourth-order valence-electron chi connectivity index (χ4n) is 2.73. The van der Waals surface area contributed by atoms with Gasteiger partial charge < -0.3 is 10.4 Å². The molecule has 26 heavy (non-hydrogen) atoms. The van der Waals surface area contributed by atoms with Gasteiger partial charge in [0.2, 0.25) is 0 Å². The SMILES string of the molecule is Cn1cc([C@H](CO)Nc2ncnc3cc(-c4ccc(Cl)cc4)sc23)cn1. The Morgan fingerprint density at radius 2 is 2.08 bits per heavy atom. The lowest BCUT2D eigenvalue weighted by Crippen LogP contribution is -2.15. The van der Waals surface area contributed by atoms with E-state index in [0.717, 1.165) is 26.2 Å². The average molecular weight is 386 g/mol. The van der Waals surface area contributed by atoms with Crippen LogP contribution in [-0.2, 0) is 7.05 Å². The van der Waals surface area contributed by atoms with E-state index < -0.39 is 0 Å². The molecule has 0 aliphatic rings. The van der Waals surface area contributed by atoms with E-state index in [-0.39, 0.29) is 12.6 Å². The van der Waals surface area contributed by atoms with E-state index in [2.05, 4.69) is 20.4 Å². The van der Waals surface area contributed by atoms with Crippen LogP contribution in [0.25, 0.3) is 20.7 Å². The Labute approximate surface area is 159 Å². The fraction of sp³-hybridized carbons (Fsp3) is 0.167. The summed E-state index contributed by atoms with van der Waals surface area (Å²) in [4.78, 5) is 9.83. The summed E-state index contributed by atoms with van der Waals surface area (Å²) >= 11 is 7.58. The highest BCUT2D eigenvalue weighted by molar-refractivity contribution is 7.22. The van der Waals surface area contributed by atoms with Crippen LogP contribution in [0, 0.1) is 0 Å². The lowest BCUT2D eigenvalue weighted by atomic mass is 10.1. The first-order chi connectivity index (χ1) is 12.6. The van der Waals surface area contributed by atoms with Crippen LogP contribution in [0.1, 0.15) is 11.6 Å². The van der Waals surface area contributed by atoms with Gasteiger partial charge in [-0.25, -0.2) is 9.97 Å². The second-order valence-corrected chi connectivity index (χ2v) is 7.37. The Morgan fingerprint density at radius 3 is 2.77 bits per heavy atom. The highest BCUT2D eigenvalue weighted by Crippen LogP contribution is 2.36. The molecule has 0 bridgehead atoms. The fourth-order valence-corrected chi connectivity index (χ4v) is 3.93. The van der Waals surface area contributed by atoms with Gasteiger partial charge in [-0.05, 0) is 23.8 Å². The third-order valence-electron chi connectivity index (χ3n) is 4.06. The van der Waals surface area contributed by atoms with Gasteiger partial charge in [-0.15, -0.1) is 11.3 Å². The van der Waals surface area contributed by atoms with Crippen LogP contribution >= 0.6 is 22.9 Å². The molecule has 0 radical (unpaired) electrons. The Morgan fingerprint density at radius 1 is 1.27 bits per heavy atom. The molecule has 0 saturated heterocycles. The van der Waals surface area contributed by atoms with Gasteiger partial charge >= 0.3 is 0 Å². The summed E-state index contributed by atoms with van der Waals surface area (Å²) in [6, 6.07) is 9.46. The quantitative estimate of drug-likeness (QED) is 0.545. The largest absolute Gasteiger partial charge is 0.394 e. The van der Waals surface area contributed by atoms with Crippen LogP contribution in [0.4, 0.5) is 5.82 Å². The second kappa shape index (κ2) is 7.03. The number of nitrogens with zero attached hydrogens (tertiary/aromatic N) is 4. The minimum Gasteiger partial charge on any atom is -0.394 e. The normalized spacial score (nSPS) is 12.4. The Bertz CT molecular complexity index is 1040. The van der Waals surface area contributed by atoms with E-state index in [1.54, 1.807) is 22.2 Å². The number of aromatic nitrogens is 4. The van der Waals surface area contributed by atoms with E-state index in [1.165, 1.54) is 6.33 Å². The van der Waals surface area contributed by atoms with Crippen LogP contribution in [-0.4, -0.2) is 31.5 Å². The molecule has 0 saturated carbocycles. The van der Waals surface area contributed by atoms with Crippen molar-refractivity contribution in [2.75, 3.05) is 11.9 Å². The van der Waals surface area contributed by atoms with Crippen molar-refractivity contribution >= 4 is 39.0 Å². The van der Waals surface area contributed by atoms with Gasteiger partial charge in [0.1, 0.15) is 12.1 Å². The van der Waals surface area contributed by atoms with Crippen molar-refractivity contribution in [3.05, 3.63) is 59.6 Å². The molecule has 0 unspecified atom stereocenters. The van der Waals surface area contributed by atoms with Gasteiger partial charge in [0.25, 0.3) is 0 Å². The summed E-state index contributed by atoms with van der Waals surface area (Å²) in [6.07, 6.45) is 5.14. The molecule has 3 aromatic heterocycles. The molecule has 1 atom stereocenters. The first-order valence-corrected chi connectivity index (χ1v) is 9.20. The summed E-state index contributed by atoms with van der Waals surface area (Å²) in [6.45, 7) is -0.0629. The van der Waals surface area contributed by atoms with Crippen LogP contribution < -0.4 is 5.32 Å². The summed E-state index contributed by atoms with van der Waals surface area (Å²) in [5, 5.41) is 18.0. The average Bonchev–Trinajstić information content (AvgIpc) is 3.27. The smallest absolute Gasteiger partial charge is 0.148 e. The van der Waals surface area contributed by atoms with E-state index in [9.17, 15) is 5.11 Å². The molecular weight excluding hydrogens is 370 g/mol. The number of aryl methyl sites for hydroxylation is 1. The van der Waals surface area contributed by atoms with Crippen LogP contribution in [0.5, 0.6) is 0 Å². The lowest BCUT2D eigenvalue weighted by molar-refractivity contribution is 0.276. The minimum atomic E-state index is -0.289. The summed E-state index contributed by atoms with van der Waals surface area (Å²) in [5.41, 5.74) is 2.84. The molecule has 3 heterocycles. The number of aliphatic hydroxyl groups excluding tert-OH is 1. The van der Waals surface area contributed by atoms with E-state index in [1.807, 2.05) is 43.6 Å². The maximum atomic E-state index is 9.78. The Kier molecular flexibility index (Phi) is 4.58. The van der Waals surface area contributed by atoms with Gasteiger partial charge in [-0.2, -0.15) is 5.10 Å². The molecule has 0 spiro atoms. The maximum Gasteiger partial charge on any atom is 0.148 e. The Balaban J connectivity index is 1.70. The van der Waals surface area contributed by atoms with E-state index in [4.69, 9.17) is 11.6 Å². The molecule has 4 aromatic rings. The maximum absolute atomic E-state index is 9.78. The van der Waals surface area contributed by atoms with Gasteiger partial charge in [0, 0.05) is 28.7 Å². The zero-order valence-electron chi connectivity index (χ0n) is 13.9. The molecule has 8 heteroatoms. The molecule has 1 aromatic carbocycles. The number of rotatable bonds is 5. The third kappa shape index (κ3) is 3.29. The Hall–Kier alpha value is -2.48. The first kappa shape index (κ1) is 17.0. The lowest BCUT2D eigenvalue weighted by Gasteiger charge is -2.15. The first-order valence-electron chi connectivity index (χ1n) is 8.00. The van der Waals surface area contributed by atoms with E-state index >= 15 is 0 Å². The predicted octanol–water partition coefficient (Wildman–Crippen LogP) is 3.89. The molecule has 6 nitrogen and oxygen atoms in total. The summed E-state index contributed by atoms with van der Waals surface area (Å²) in [7, 11) is 1.85. The van der Waals surface area contributed by atoms with Crippen molar-refractivity contribution in [3.8, 4) is 10.4 Å². The third-order valence-corrected chi connectivity index (χ3v) is 5.49. The van der Waals surface area contributed by atoms with Gasteiger partial charge in [0.05, 0.1) is 29.1 Å². The molecule has 0 aliphatic carbocycles. The van der Waals surface area contributed by atoms with E-state index in [0.29, 0.717) is 10.8 Å². The van der Waals surface area contributed by atoms with Crippen molar-refractivity contribution in [1.82, 2.24) is 19.7 Å². The number of hydrogen-bond acceptors (Lipinski definition) is 6. The number of benzene rings is 1. The number of hydrogen-bond donors (Lipinski definition) is 2. The van der Waals surface area contributed by atoms with Gasteiger partial charge in [-0.3, -0.25) is 4.68 Å². The monoisotopic (exact) mass is 385 g/mol. The molecule has 132 valence electrons. The topological polar surface area (TPSA) is 75.9 Å². The van der Waals surface area contributed by atoms with Crippen molar-refractivity contribution in [3.63, 3.8) is 0 Å². The minimum absolute atomic E-state index is 0.0629. The van der Waals surface area contributed by atoms with Gasteiger partial charge in [-0.1, -0.05) is 23.7 Å². The zero-order chi connectivity index (χ0) is 18.1. The van der Waals surface area contributed by atoms with Crippen LogP contribution in [0.15, 0.2) is 49.1 Å². The van der Waals surface area contributed by atoms with Crippen molar-refractivity contribution in [2.45, 2.75) is 6.04 Å². The van der Waals surface area contributed by atoms with Gasteiger partial charge in [0.15, 0.2) is 0 Å². The number of halogens is 1. The highest BCUT2D eigenvalue weighted by atomic mass is 35.5. The zero-order valence-corrected chi connectivity index (χ0v) is 15.5. The summed E-state index contributed by atoms with van der Waals surface area (Å²) in [5.74, 6) is 0.697. The molecule has 0 fully saturated rings. The molecule has 2 N–H and O–H groups in total. The van der Waals surface area contributed by atoms with Crippen LogP contribution in [0.3, 0.4) is 0 Å². The van der Waals surface area contributed by atoms with Crippen molar-refractivity contribution in [1.29, 1.82) is 0 Å². The molecule has 4 rings (SSSR count). The molecule has 0 amide bonds. The predicted molar refractivity (Wildman–Crippen MR) is 105 cm³/mol. The molecule has 0 aliphatic heterocycles. The highest BCUT2D eigenvalue weighted by Gasteiger charge is 2.16. The number of fused-ring (bicyclic) bond motifs is 1.